The maximum absolute atomic E-state index is 12.8. The highest BCUT2D eigenvalue weighted by atomic mass is 31.2. The van der Waals surface area contributed by atoms with Gasteiger partial charge in [0.1, 0.15) is 19.8 Å². The van der Waals surface area contributed by atoms with Gasteiger partial charge < -0.3 is 27.9 Å². The van der Waals surface area contributed by atoms with Gasteiger partial charge in [-0.15, -0.1) is 0 Å². The fourth-order valence-electron chi connectivity index (χ4n) is 9.69. The zero-order valence-electron chi connectivity index (χ0n) is 50.5. The number of carbonyl (C=O) groups excluding carboxylic acids is 2. The summed E-state index contributed by atoms with van der Waals surface area (Å²) in [5.74, 6) is -0.834. The molecule has 0 aliphatic rings. The molecule has 0 aliphatic carbocycles. The highest BCUT2D eigenvalue weighted by Gasteiger charge is 2.22. The first kappa shape index (κ1) is 73.5. The van der Waals surface area contributed by atoms with Gasteiger partial charge in [0.2, 0.25) is 0 Å². The SMILES string of the molecule is CCCCC/C=C\C/C=C\CCCCCCCC(=O)OC(COC(=O)CCCCCCCCCCCCCCCCCCCCCCCCCCCCCCCCCCCCCC)COP(=O)([O-])OCC[N+](C)(C)C. The number of rotatable bonds is 61. The molecule has 0 radical (unpaired) electrons. The average Bonchev–Trinajstić information content (AvgIpc) is 3.37. The van der Waals surface area contributed by atoms with Crippen molar-refractivity contribution in [2.75, 3.05) is 47.5 Å². The Kier molecular flexibility index (Phi) is 56.0. The summed E-state index contributed by atoms with van der Waals surface area (Å²) in [7, 11) is 1.17. The van der Waals surface area contributed by atoms with Crippen LogP contribution in [0.4, 0.5) is 0 Å². The minimum absolute atomic E-state index is 0.0314. The van der Waals surface area contributed by atoms with Crippen molar-refractivity contribution in [1.82, 2.24) is 0 Å². The summed E-state index contributed by atoms with van der Waals surface area (Å²) in [6.45, 7) is 4.24. The first-order valence-electron chi connectivity index (χ1n) is 32.5. The lowest BCUT2D eigenvalue weighted by molar-refractivity contribution is -0.870. The summed E-state index contributed by atoms with van der Waals surface area (Å²) in [5.41, 5.74) is 0. The molecular weight excluding hydrogens is 954 g/mol. The second-order valence-electron chi connectivity index (χ2n) is 23.5. The van der Waals surface area contributed by atoms with Gasteiger partial charge >= 0.3 is 11.9 Å². The van der Waals surface area contributed by atoms with Gasteiger partial charge in [0.05, 0.1) is 27.7 Å². The number of carbonyl (C=O) groups is 2. The molecule has 0 heterocycles. The van der Waals surface area contributed by atoms with E-state index in [1.54, 1.807) is 0 Å². The molecule has 10 heteroatoms. The Labute approximate surface area is 466 Å². The monoisotopic (exact) mass is 1080 g/mol. The Bertz CT molecular complexity index is 1320. The lowest BCUT2D eigenvalue weighted by Gasteiger charge is -2.28. The summed E-state index contributed by atoms with van der Waals surface area (Å²) in [5, 5.41) is 0. The number of likely N-dealkylation sites (N-methyl/N-ethyl adjacent to an activating group) is 1. The van der Waals surface area contributed by atoms with E-state index < -0.39 is 26.5 Å². The molecule has 9 nitrogen and oxygen atoms in total. The average molecular weight is 1080 g/mol. The number of nitrogens with zero attached hydrogens (tertiary/aromatic N) is 1. The fourth-order valence-corrected chi connectivity index (χ4v) is 10.4. The van der Waals surface area contributed by atoms with Crippen molar-refractivity contribution in [3.63, 3.8) is 0 Å². The number of hydrogen-bond acceptors (Lipinski definition) is 8. The Morgan fingerprint density at radius 2 is 0.720 bits per heavy atom. The summed E-state index contributed by atoms with van der Waals surface area (Å²) in [6, 6.07) is 0. The van der Waals surface area contributed by atoms with Crippen molar-refractivity contribution < 1.29 is 42.1 Å². The summed E-state index contributed by atoms with van der Waals surface area (Å²) in [4.78, 5) is 37.8. The van der Waals surface area contributed by atoms with Crippen molar-refractivity contribution in [1.29, 1.82) is 0 Å². The molecule has 0 fully saturated rings. The molecule has 0 N–H and O–H groups in total. The molecule has 0 aromatic carbocycles. The number of quaternary nitrogens is 1. The Balaban J connectivity index is 3.89. The van der Waals surface area contributed by atoms with E-state index in [2.05, 4.69) is 38.2 Å². The van der Waals surface area contributed by atoms with Gasteiger partial charge in [-0.25, -0.2) is 0 Å². The van der Waals surface area contributed by atoms with E-state index in [9.17, 15) is 19.0 Å². The van der Waals surface area contributed by atoms with Crippen LogP contribution in [0.2, 0.25) is 0 Å². The lowest BCUT2D eigenvalue weighted by Crippen LogP contribution is -2.37. The molecule has 0 bridgehead atoms. The molecule has 0 aromatic rings. The van der Waals surface area contributed by atoms with Gasteiger partial charge in [0.15, 0.2) is 6.10 Å². The minimum Gasteiger partial charge on any atom is -0.756 e. The first-order chi connectivity index (χ1) is 36.5. The number of phosphoric acid groups is 1. The number of allylic oxidation sites excluding steroid dienone is 4. The lowest BCUT2D eigenvalue weighted by atomic mass is 10.0. The van der Waals surface area contributed by atoms with E-state index in [0.29, 0.717) is 17.4 Å². The van der Waals surface area contributed by atoms with Gasteiger partial charge in [-0.05, 0) is 44.9 Å². The predicted molar refractivity (Wildman–Crippen MR) is 319 cm³/mol. The van der Waals surface area contributed by atoms with Crippen LogP contribution in [0.15, 0.2) is 24.3 Å². The molecule has 0 aliphatic heterocycles. The van der Waals surface area contributed by atoms with Crippen molar-refractivity contribution in [3.05, 3.63) is 24.3 Å². The van der Waals surface area contributed by atoms with Gasteiger partial charge in [-0.2, -0.15) is 0 Å². The fraction of sp³-hybridized carbons (Fsp3) is 0.908. The van der Waals surface area contributed by atoms with Crippen LogP contribution in [0.1, 0.15) is 328 Å². The number of ether oxygens (including phenoxy) is 2. The van der Waals surface area contributed by atoms with Gasteiger partial charge in [0, 0.05) is 12.8 Å². The highest BCUT2D eigenvalue weighted by molar-refractivity contribution is 7.45. The van der Waals surface area contributed by atoms with Gasteiger partial charge in [-0.3, -0.25) is 14.2 Å². The molecule has 2 atom stereocenters. The molecule has 0 rings (SSSR count). The summed E-state index contributed by atoms with van der Waals surface area (Å²) >= 11 is 0. The van der Waals surface area contributed by atoms with Gasteiger partial charge in [-0.1, -0.05) is 295 Å². The van der Waals surface area contributed by atoms with Crippen LogP contribution in [0, 0.1) is 0 Å². The molecule has 0 saturated heterocycles. The molecular formula is C65H126NO8P. The highest BCUT2D eigenvalue weighted by Crippen LogP contribution is 2.38. The molecule has 0 amide bonds. The van der Waals surface area contributed by atoms with Crippen LogP contribution < -0.4 is 4.89 Å². The predicted octanol–water partition coefficient (Wildman–Crippen LogP) is 19.9. The Morgan fingerprint density at radius 3 is 1.08 bits per heavy atom. The van der Waals surface area contributed by atoms with Crippen molar-refractivity contribution >= 4 is 19.8 Å². The summed E-state index contributed by atoms with van der Waals surface area (Å²) in [6.07, 6.45) is 69.9. The van der Waals surface area contributed by atoms with Gasteiger partial charge in [0.25, 0.3) is 7.82 Å². The van der Waals surface area contributed by atoms with Crippen LogP contribution in [-0.2, 0) is 32.7 Å². The summed E-state index contributed by atoms with van der Waals surface area (Å²) < 4.78 is 34.1. The second kappa shape index (κ2) is 57.2. The zero-order chi connectivity index (χ0) is 54.9. The van der Waals surface area contributed by atoms with Crippen molar-refractivity contribution in [2.24, 2.45) is 0 Å². The molecule has 0 saturated carbocycles. The largest absolute Gasteiger partial charge is 0.756 e. The topological polar surface area (TPSA) is 111 Å². The number of unbranched alkanes of at least 4 members (excludes halogenated alkanes) is 43. The molecule has 75 heavy (non-hydrogen) atoms. The third kappa shape index (κ3) is 61.6. The third-order valence-electron chi connectivity index (χ3n) is 14.7. The van der Waals surface area contributed by atoms with Crippen LogP contribution in [0.3, 0.4) is 0 Å². The standard InChI is InChI=1S/C65H126NO8P/c1-6-8-10-12-14-16-18-20-22-23-24-25-26-27-28-29-30-31-32-33-34-35-36-37-38-39-40-41-42-44-45-47-49-51-53-55-57-64(67)71-61-63(62-73-75(69,70)72-60-59-66(3,4)5)74-65(68)58-56-54-52-50-48-46-43-21-19-17-15-13-11-9-7-2/h15,17,21,43,63H,6-14,16,18-20,22-42,44-62H2,1-5H3/b17-15-,43-21-. The Morgan fingerprint density at radius 1 is 0.413 bits per heavy atom. The quantitative estimate of drug-likeness (QED) is 0.0195. The van der Waals surface area contributed by atoms with Crippen molar-refractivity contribution in [2.45, 2.75) is 335 Å². The maximum Gasteiger partial charge on any atom is 0.306 e. The van der Waals surface area contributed by atoms with E-state index >= 15 is 0 Å². The molecule has 0 aromatic heterocycles. The van der Waals surface area contributed by atoms with Crippen LogP contribution in [0.5, 0.6) is 0 Å². The smallest absolute Gasteiger partial charge is 0.306 e. The first-order valence-corrected chi connectivity index (χ1v) is 34.0. The zero-order valence-corrected chi connectivity index (χ0v) is 51.4. The number of esters is 2. The second-order valence-corrected chi connectivity index (χ2v) is 24.9. The van der Waals surface area contributed by atoms with Crippen LogP contribution in [-0.4, -0.2) is 70.0 Å². The normalized spacial score (nSPS) is 13.3. The van der Waals surface area contributed by atoms with Crippen LogP contribution in [0.25, 0.3) is 0 Å². The number of phosphoric ester groups is 1. The minimum atomic E-state index is -4.64. The third-order valence-corrected chi connectivity index (χ3v) is 15.7. The number of hydrogen-bond donors (Lipinski definition) is 0. The van der Waals surface area contributed by atoms with E-state index in [0.717, 1.165) is 57.8 Å². The molecule has 0 spiro atoms. The van der Waals surface area contributed by atoms with Crippen molar-refractivity contribution in [3.8, 4) is 0 Å². The van der Waals surface area contributed by atoms with E-state index in [4.69, 9.17) is 18.5 Å². The maximum atomic E-state index is 12.8. The molecule has 2 unspecified atom stereocenters. The Hall–Kier alpha value is -1.51. The van der Waals surface area contributed by atoms with E-state index in [1.807, 2.05) is 21.1 Å². The van der Waals surface area contributed by atoms with Crippen LogP contribution >= 0.6 is 7.82 Å². The molecule has 444 valence electrons. The van der Waals surface area contributed by atoms with E-state index in [1.165, 1.54) is 238 Å². The van der Waals surface area contributed by atoms with E-state index in [-0.39, 0.29) is 32.0 Å².